The van der Waals surface area contributed by atoms with Crippen LogP contribution in [0.2, 0.25) is 0 Å². The third-order valence-electron chi connectivity index (χ3n) is 4.42. The average Bonchev–Trinajstić information content (AvgIpc) is 2.91. The Morgan fingerprint density at radius 3 is 2.62 bits per heavy atom. The van der Waals surface area contributed by atoms with Crippen molar-refractivity contribution in [3.8, 4) is 0 Å². The number of hydrogen-bond donors (Lipinski definition) is 3. The van der Waals surface area contributed by atoms with Crippen molar-refractivity contribution in [1.29, 1.82) is 0 Å². The van der Waals surface area contributed by atoms with E-state index >= 15 is 0 Å². The van der Waals surface area contributed by atoms with Gasteiger partial charge in [-0.15, -0.1) is 11.3 Å². The summed E-state index contributed by atoms with van der Waals surface area (Å²) in [5, 5.41) is 10.6. The number of aromatic nitrogens is 1. The van der Waals surface area contributed by atoms with Crippen molar-refractivity contribution in [3.05, 3.63) is 40.9 Å². The van der Waals surface area contributed by atoms with E-state index in [0.29, 0.717) is 16.5 Å². The fourth-order valence-electron chi connectivity index (χ4n) is 3.10. The summed E-state index contributed by atoms with van der Waals surface area (Å²) in [7, 11) is 0. The summed E-state index contributed by atoms with van der Waals surface area (Å²) in [6.45, 7) is 1.96. The molecule has 0 unspecified atom stereocenters. The third kappa shape index (κ3) is 5.29. The fourth-order valence-corrected chi connectivity index (χ4v) is 3.79. The number of carbonyl (C=O) groups excluding carboxylic acids is 2. The van der Waals surface area contributed by atoms with E-state index < -0.39 is 0 Å². The molecule has 1 aliphatic rings. The maximum atomic E-state index is 12.4. The van der Waals surface area contributed by atoms with Crippen LogP contribution in [0.5, 0.6) is 0 Å². The van der Waals surface area contributed by atoms with Crippen molar-refractivity contribution in [3.63, 3.8) is 0 Å². The average molecular weight is 372 g/mol. The number of nitrogens with one attached hydrogen (secondary N) is 3. The van der Waals surface area contributed by atoms with Crippen molar-refractivity contribution in [1.82, 2.24) is 10.3 Å². The number of urea groups is 1. The lowest BCUT2D eigenvalue weighted by atomic mass is 10.1. The summed E-state index contributed by atoms with van der Waals surface area (Å²) in [5.41, 5.74) is 2.13. The molecular weight excluding hydrogens is 348 g/mol. The van der Waals surface area contributed by atoms with Gasteiger partial charge in [-0.05, 0) is 37.5 Å². The molecule has 138 valence electrons. The monoisotopic (exact) mass is 372 g/mol. The molecule has 0 bridgehead atoms. The molecule has 6 nitrogen and oxygen atoms in total. The van der Waals surface area contributed by atoms with Gasteiger partial charge in [0.05, 0.1) is 0 Å². The van der Waals surface area contributed by atoms with Gasteiger partial charge in [-0.25, -0.2) is 9.78 Å². The smallest absolute Gasteiger partial charge is 0.325 e. The van der Waals surface area contributed by atoms with Gasteiger partial charge in [0.2, 0.25) is 0 Å². The lowest BCUT2D eigenvalue weighted by Gasteiger charge is -2.15. The maximum absolute atomic E-state index is 12.4. The van der Waals surface area contributed by atoms with Gasteiger partial charge in [0.1, 0.15) is 5.69 Å². The minimum Gasteiger partial charge on any atom is -0.348 e. The topological polar surface area (TPSA) is 83.1 Å². The summed E-state index contributed by atoms with van der Waals surface area (Å²) >= 11 is 1.24. The number of nitrogens with zero attached hydrogens (tertiary/aromatic N) is 1. The second-order valence-corrected chi connectivity index (χ2v) is 7.51. The minimum absolute atomic E-state index is 0.166. The fraction of sp³-hybridized carbons (Fsp3) is 0.421. The SMILES string of the molecule is Cc1cccc(NC(=O)Nc2nc(C(=O)NC3CCCCCC3)cs2)c1. The predicted molar refractivity (Wildman–Crippen MR) is 105 cm³/mol. The Bertz CT molecular complexity index is 766. The van der Waals surface area contributed by atoms with E-state index in [9.17, 15) is 9.59 Å². The predicted octanol–water partition coefficient (Wildman–Crippen LogP) is 4.55. The highest BCUT2D eigenvalue weighted by atomic mass is 32.1. The molecular formula is C19H24N4O2S. The maximum Gasteiger partial charge on any atom is 0.325 e. The zero-order valence-electron chi connectivity index (χ0n) is 14.9. The van der Waals surface area contributed by atoms with Crippen LogP contribution in [0.1, 0.15) is 54.6 Å². The Morgan fingerprint density at radius 2 is 1.88 bits per heavy atom. The van der Waals surface area contributed by atoms with E-state index in [-0.39, 0.29) is 18.0 Å². The summed E-state index contributed by atoms with van der Waals surface area (Å²) < 4.78 is 0. The molecule has 1 saturated carbocycles. The van der Waals surface area contributed by atoms with Crippen molar-refractivity contribution in [2.75, 3.05) is 10.6 Å². The summed E-state index contributed by atoms with van der Waals surface area (Å²) in [6, 6.07) is 7.40. The van der Waals surface area contributed by atoms with Crippen LogP contribution in [0, 0.1) is 6.92 Å². The van der Waals surface area contributed by atoms with Crippen LogP contribution < -0.4 is 16.0 Å². The van der Waals surface area contributed by atoms with Gasteiger partial charge >= 0.3 is 6.03 Å². The number of benzene rings is 1. The molecule has 1 fully saturated rings. The van der Waals surface area contributed by atoms with E-state index in [4.69, 9.17) is 0 Å². The highest BCUT2D eigenvalue weighted by Gasteiger charge is 2.18. The second kappa shape index (κ2) is 8.80. The third-order valence-corrected chi connectivity index (χ3v) is 5.18. The van der Waals surface area contributed by atoms with Crippen LogP contribution >= 0.6 is 11.3 Å². The second-order valence-electron chi connectivity index (χ2n) is 6.65. The Balaban J connectivity index is 1.53. The first-order valence-corrected chi connectivity index (χ1v) is 9.89. The molecule has 26 heavy (non-hydrogen) atoms. The molecule has 1 aromatic carbocycles. The standard InChI is InChI=1S/C19H24N4O2S/c1-13-7-6-10-15(11-13)21-18(25)23-19-22-16(12-26-19)17(24)20-14-8-4-2-3-5-9-14/h6-7,10-12,14H,2-5,8-9H2,1H3,(H,20,24)(H2,21,22,23,25). The van der Waals surface area contributed by atoms with Gasteiger partial charge < -0.3 is 10.6 Å². The molecule has 1 aromatic heterocycles. The van der Waals surface area contributed by atoms with Crippen LogP contribution in [0.3, 0.4) is 0 Å². The summed E-state index contributed by atoms with van der Waals surface area (Å²) in [5.74, 6) is -0.166. The molecule has 2 aromatic rings. The lowest BCUT2D eigenvalue weighted by molar-refractivity contribution is 0.0929. The number of rotatable bonds is 4. The molecule has 0 saturated heterocycles. The van der Waals surface area contributed by atoms with Gasteiger partial charge in [0, 0.05) is 17.1 Å². The number of anilines is 2. The van der Waals surface area contributed by atoms with E-state index in [2.05, 4.69) is 20.9 Å². The first-order valence-electron chi connectivity index (χ1n) is 9.01. The summed E-state index contributed by atoms with van der Waals surface area (Å²) in [6.07, 6.45) is 6.86. The van der Waals surface area contributed by atoms with Crippen LogP contribution in [-0.2, 0) is 0 Å². The highest BCUT2D eigenvalue weighted by molar-refractivity contribution is 7.14. The van der Waals surface area contributed by atoms with Crippen molar-refractivity contribution >= 4 is 34.1 Å². The number of hydrogen-bond acceptors (Lipinski definition) is 4. The molecule has 0 spiro atoms. The molecule has 3 rings (SSSR count). The Hall–Kier alpha value is -2.41. The molecule has 0 radical (unpaired) electrons. The van der Waals surface area contributed by atoms with Crippen LogP contribution in [-0.4, -0.2) is 23.0 Å². The van der Waals surface area contributed by atoms with Crippen molar-refractivity contribution in [2.24, 2.45) is 0 Å². The molecule has 0 atom stereocenters. The lowest BCUT2D eigenvalue weighted by Crippen LogP contribution is -2.34. The van der Waals surface area contributed by atoms with E-state index in [1.807, 2.05) is 31.2 Å². The zero-order valence-corrected chi connectivity index (χ0v) is 15.7. The number of carbonyl (C=O) groups is 2. The molecule has 1 heterocycles. The van der Waals surface area contributed by atoms with Gasteiger partial charge in [-0.2, -0.15) is 0 Å². The van der Waals surface area contributed by atoms with E-state index in [1.165, 1.54) is 24.2 Å². The van der Waals surface area contributed by atoms with Crippen LogP contribution in [0.25, 0.3) is 0 Å². The quantitative estimate of drug-likeness (QED) is 0.689. The summed E-state index contributed by atoms with van der Waals surface area (Å²) in [4.78, 5) is 28.7. The molecule has 1 aliphatic carbocycles. The normalized spacial score (nSPS) is 15.1. The Kier molecular flexibility index (Phi) is 6.22. The molecule has 3 N–H and O–H groups in total. The Morgan fingerprint density at radius 1 is 1.12 bits per heavy atom. The van der Waals surface area contributed by atoms with Crippen molar-refractivity contribution < 1.29 is 9.59 Å². The van der Waals surface area contributed by atoms with Crippen LogP contribution in [0.4, 0.5) is 15.6 Å². The minimum atomic E-state index is -0.374. The first-order chi connectivity index (χ1) is 12.6. The first kappa shape index (κ1) is 18.4. The largest absolute Gasteiger partial charge is 0.348 e. The number of thiazole rings is 1. The Labute approximate surface area is 157 Å². The number of aryl methyl sites for hydroxylation is 1. The van der Waals surface area contributed by atoms with Gasteiger partial charge in [0.15, 0.2) is 5.13 Å². The van der Waals surface area contributed by atoms with E-state index in [0.717, 1.165) is 31.2 Å². The van der Waals surface area contributed by atoms with Gasteiger partial charge in [0.25, 0.3) is 5.91 Å². The van der Waals surface area contributed by atoms with Gasteiger partial charge in [-0.3, -0.25) is 10.1 Å². The van der Waals surface area contributed by atoms with Crippen molar-refractivity contribution in [2.45, 2.75) is 51.5 Å². The zero-order chi connectivity index (χ0) is 18.4. The molecule has 0 aliphatic heterocycles. The van der Waals surface area contributed by atoms with Gasteiger partial charge in [-0.1, -0.05) is 37.8 Å². The van der Waals surface area contributed by atoms with Crippen LogP contribution in [0.15, 0.2) is 29.6 Å². The number of amides is 3. The molecule has 7 heteroatoms. The highest BCUT2D eigenvalue weighted by Crippen LogP contribution is 2.19. The van der Waals surface area contributed by atoms with E-state index in [1.54, 1.807) is 5.38 Å². The molecule has 3 amide bonds.